The van der Waals surface area contributed by atoms with Crippen LogP contribution in [0.25, 0.3) is 0 Å². The number of hydrogen-bond donors (Lipinski definition) is 3. The molecule has 43 heavy (non-hydrogen) atoms. The molecule has 2 amide bonds. The van der Waals surface area contributed by atoms with Crippen LogP contribution in [0.3, 0.4) is 0 Å². The van der Waals surface area contributed by atoms with Crippen LogP contribution in [0.15, 0.2) is 41.5 Å². The van der Waals surface area contributed by atoms with Gasteiger partial charge in [0.25, 0.3) is 5.91 Å². The molecule has 5 rings (SSSR count). The normalized spacial score (nSPS) is 16.4. The summed E-state index contributed by atoms with van der Waals surface area (Å²) in [5, 5.41) is 16.9. The largest absolute Gasteiger partial charge is 0.485 e. The second kappa shape index (κ2) is 14.4. The Morgan fingerprint density at radius 2 is 2.05 bits per heavy atom. The van der Waals surface area contributed by atoms with Gasteiger partial charge < -0.3 is 29.8 Å². The number of fused-ring (bicyclic) bond motifs is 1. The van der Waals surface area contributed by atoms with E-state index in [1.165, 1.54) is 23.8 Å². The Morgan fingerprint density at radius 3 is 2.81 bits per heavy atom. The molecule has 3 aromatic rings. The van der Waals surface area contributed by atoms with Gasteiger partial charge in [-0.1, -0.05) is 13.0 Å². The molecule has 3 N–H and O–H groups in total. The number of nitrogens with zero attached hydrogens (tertiary/aromatic N) is 5. The number of carbonyl (C=O) groups excluding carboxylic acids is 2. The first-order valence-electron chi connectivity index (χ1n) is 15.1. The number of nitrogens with one attached hydrogen (secondary N) is 2. The van der Waals surface area contributed by atoms with Crippen molar-refractivity contribution in [1.82, 2.24) is 30.1 Å². The molecule has 4 heterocycles. The highest BCUT2D eigenvalue weighted by Crippen LogP contribution is 2.30. The number of ether oxygens (including phenoxy) is 1. The number of β-amino-alcohol motifs (C(OH)–C–C–N with tert-alkyl or cyclic N) is 1. The number of amides is 2. The fourth-order valence-corrected chi connectivity index (χ4v) is 5.73. The first-order valence-corrected chi connectivity index (χ1v) is 15.1. The molecular formula is C31H41N7O5. The van der Waals surface area contributed by atoms with Crippen molar-refractivity contribution in [2.75, 3.05) is 38.0 Å². The van der Waals surface area contributed by atoms with Gasteiger partial charge in [0, 0.05) is 57.8 Å². The van der Waals surface area contributed by atoms with E-state index in [1.807, 2.05) is 17.9 Å². The number of benzene rings is 1. The standard InChI is InChI=1S/C31H41N7O5/c1-3-4-30(40)38-11-7-23(8-12-38)36-29-13-27(34-19-35-29)31(41)33-14-24(39)17-37-10-9-26-21(2)28(6-5-22(26)16-37)42-18-25-15-32-20-43-25/h5-6,13,15,19-20,23-24,39H,3-4,7-12,14,16-18H2,1-2H3,(H,33,41)(H,34,35,36)/t24-/m0/s1. The smallest absolute Gasteiger partial charge is 0.270 e. The van der Waals surface area contributed by atoms with Crippen LogP contribution in [-0.4, -0.2) is 86.5 Å². The fourth-order valence-electron chi connectivity index (χ4n) is 5.73. The number of oxazole rings is 1. The molecule has 12 nitrogen and oxygen atoms in total. The van der Waals surface area contributed by atoms with Gasteiger partial charge in [0.2, 0.25) is 5.91 Å². The van der Waals surface area contributed by atoms with E-state index in [2.05, 4.69) is 43.5 Å². The molecular weight excluding hydrogens is 550 g/mol. The van der Waals surface area contributed by atoms with E-state index in [-0.39, 0.29) is 30.1 Å². The number of likely N-dealkylation sites (tertiary alicyclic amines) is 1. The number of piperidine rings is 1. The Hall–Kier alpha value is -4.03. The molecule has 0 spiro atoms. The Kier molecular flexibility index (Phi) is 10.2. The molecule has 1 fully saturated rings. The maximum Gasteiger partial charge on any atom is 0.270 e. The van der Waals surface area contributed by atoms with E-state index < -0.39 is 6.10 Å². The van der Waals surface area contributed by atoms with E-state index in [1.54, 1.807) is 12.3 Å². The predicted octanol–water partition coefficient (Wildman–Crippen LogP) is 2.70. The summed E-state index contributed by atoms with van der Waals surface area (Å²) in [5.74, 6) is 1.94. The first-order chi connectivity index (χ1) is 20.9. The van der Waals surface area contributed by atoms with Crippen molar-refractivity contribution >= 4 is 17.6 Å². The third-order valence-corrected chi connectivity index (χ3v) is 8.10. The fraction of sp³-hybridized carbons (Fsp3) is 0.516. The van der Waals surface area contributed by atoms with E-state index in [0.717, 1.165) is 63.2 Å². The van der Waals surface area contributed by atoms with Gasteiger partial charge in [0.15, 0.2) is 12.2 Å². The molecule has 0 aliphatic carbocycles. The Labute approximate surface area is 251 Å². The third kappa shape index (κ3) is 8.08. The number of hydrogen-bond acceptors (Lipinski definition) is 10. The van der Waals surface area contributed by atoms with E-state index >= 15 is 0 Å². The zero-order chi connectivity index (χ0) is 30.2. The zero-order valence-corrected chi connectivity index (χ0v) is 24.9. The zero-order valence-electron chi connectivity index (χ0n) is 24.9. The molecule has 230 valence electrons. The molecule has 2 aromatic heterocycles. The Bertz CT molecular complexity index is 1370. The highest BCUT2D eigenvalue weighted by Gasteiger charge is 2.24. The van der Waals surface area contributed by atoms with Crippen molar-refractivity contribution < 1.29 is 23.8 Å². The molecule has 2 aliphatic heterocycles. The number of aliphatic hydroxyl groups is 1. The van der Waals surface area contributed by atoms with Crippen molar-refractivity contribution in [2.24, 2.45) is 0 Å². The van der Waals surface area contributed by atoms with Gasteiger partial charge in [0.05, 0.1) is 12.3 Å². The predicted molar refractivity (Wildman–Crippen MR) is 159 cm³/mol. The van der Waals surface area contributed by atoms with Crippen molar-refractivity contribution in [2.45, 2.75) is 71.2 Å². The monoisotopic (exact) mass is 591 g/mol. The summed E-state index contributed by atoms with van der Waals surface area (Å²) in [6, 6.07) is 5.86. The van der Waals surface area contributed by atoms with Gasteiger partial charge in [0.1, 0.15) is 30.2 Å². The minimum Gasteiger partial charge on any atom is -0.485 e. The van der Waals surface area contributed by atoms with Crippen molar-refractivity contribution in [3.63, 3.8) is 0 Å². The van der Waals surface area contributed by atoms with Crippen molar-refractivity contribution in [3.05, 3.63) is 65.3 Å². The molecule has 2 aliphatic rings. The third-order valence-electron chi connectivity index (χ3n) is 8.10. The number of carbonyl (C=O) groups is 2. The van der Waals surface area contributed by atoms with Gasteiger partial charge in [-0.2, -0.15) is 0 Å². The highest BCUT2D eigenvalue weighted by molar-refractivity contribution is 5.92. The number of aromatic nitrogens is 3. The van der Waals surface area contributed by atoms with E-state index in [9.17, 15) is 14.7 Å². The van der Waals surface area contributed by atoms with Crippen LogP contribution in [0.5, 0.6) is 5.75 Å². The van der Waals surface area contributed by atoms with Crippen LogP contribution < -0.4 is 15.4 Å². The highest BCUT2D eigenvalue weighted by atomic mass is 16.5. The average molecular weight is 592 g/mol. The van der Waals surface area contributed by atoms with Crippen molar-refractivity contribution in [1.29, 1.82) is 0 Å². The van der Waals surface area contributed by atoms with Crippen LogP contribution in [0.1, 0.15) is 65.5 Å². The lowest BCUT2D eigenvalue weighted by molar-refractivity contribution is -0.132. The Morgan fingerprint density at radius 1 is 1.21 bits per heavy atom. The second-order valence-electron chi connectivity index (χ2n) is 11.3. The van der Waals surface area contributed by atoms with Gasteiger partial charge in [-0.05, 0) is 55.4 Å². The summed E-state index contributed by atoms with van der Waals surface area (Å²) in [5.41, 5.74) is 3.85. The Balaban J connectivity index is 1.06. The van der Waals surface area contributed by atoms with E-state index in [0.29, 0.717) is 31.2 Å². The maximum absolute atomic E-state index is 12.8. The van der Waals surface area contributed by atoms with Gasteiger partial charge >= 0.3 is 0 Å². The van der Waals surface area contributed by atoms with Crippen LogP contribution in [-0.2, 0) is 24.4 Å². The summed E-state index contributed by atoms with van der Waals surface area (Å²) in [4.78, 5) is 41.4. The summed E-state index contributed by atoms with van der Waals surface area (Å²) in [6.07, 6.45) is 7.63. The first kappa shape index (κ1) is 30.4. The summed E-state index contributed by atoms with van der Waals surface area (Å²) in [7, 11) is 0. The molecule has 12 heteroatoms. The van der Waals surface area contributed by atoms with Crippen LogP contribution in [0.2, 0.25) is 0 Å². The quantitative estimate of drug-likeness (QED) is 0.287. The number of anilines is 1. The average Bonchev–Trinajstić information content (AvgIpc) is 3.54. The topological polar surface area (TPSA) is 146 Å². The van der Waals surface area contributed by atoms with E-state index in [4.69, 9.17) is 9.15 Å². The minimum absolute atomic E-state index is 0.118. The molecule has 0 unspecified atom stereocenters. The molecule has 0 bridgehead atoms. The second-order valence-corrected chi connectivity index (χ2v) is 11.3. The summed E-state index contributed by atoms with van der Waals surface area (Å²) in [6.45, 7) is 7.93. The lowest BCUT2D eigenvalue weighted by Crippen LogP contribution is -2.42. The van der Waals surface area contributed by atoms with Crippen molar-refractivity contribution in [3.8, 4) is 5.75 Å². The van der Waals surface area contributed by atoms with Gasteiger partial charge in [-0.3, -0.25) is 14.5 Å². The van der Waals surface area contributed by atoms with Crippen LogP contribution in [0.4, 0.5) is 5.82 Å². The summed E-state index contributed by atoms with van der Waals surface area (Å²) >= 11 is 0. The molecule has 1 atom stereocenters. The maximum atomic E-state index is 12.8. The van der Waals surface area contributed by atoms with Crippen LogP contribution >= 0.6 is 0 Å². The lowest BCUT2D eigenvalue weighted by atomic mass is 9.94. The SMILES string of the molecule is CCCC(=O)N1CCC(Nc2cc(C(=O)NC[C@H](O)CN3CCc4c(ccc(OCc5cnco5)c4C)C3)ncn2)CC1. The molecule has 1 aromatic carbocycles. The number of rotatable bonds is 12. The molecule has 1 saturated heterocycles. The molecule has 0 radical (unpaired) electrons. The van der Waals surface area contributed by atoms with Crippen LogP contribution in [0, 0.1) is 6.92 Å². The number of aliphatic hydroxyl groups excluding tert-OH is 1. The lowest BCUT2D eigenvalue weighted by Gasteiger charge is -2.32. The minimum atomic E-state index is -0.726. The summed E-state index contributed by atoms with van der Waals surface area (Å²) < 4.78 is 11.2. The van der Waals surface area contributed by atoms with Gasteiger partial charge in [-0.25, -0.2) is 15.0 Å². The van der Waals surface area contributed by atoms with Gasteiger partial charge in [-0.15, -0.1) is 0 Å². The molecule has 0 saturated carbocycles.